The van der Waals surface area contributed by atoms with E-state index in [1.807, 2.05) is 17.8 Å². The number of nitrogens with zero attached hydrogens (tertiary/aromatic N) is 1. The molecule has 1 aliphatic heterocycles. The molecule has 0 aliphatic carbocycles. The van der Waals surface area contributed by atoms with E-state index in [4.69, 9.17) is 9.63 Å². The molecular formula is C9H13NO2S. The lowest BCUT2D eigenvalue weighted by Crippen LogP contribution is -2.07. The number of thioether (sulfide) groups is 1. The Bertz CT molecular complexity index is 268. The minimum Gasteiger partial charge on any atom is -0.390 e. The number of aliphatic hydroxyl groups excluding tert-OH is 1. The van der Waals surface area contributed by atoms with Gasteiger partial charge >= 0.3 is 0 Å². The summed E-state index contributed by atoms with van der Waals surface area (Å²) in [6, 6.07) is 1.87. The van der Waals surface area contributed by atoms with Crippen molar-refractivity contribution in [2.24, 2.45) is 0 Å². The maximum absolute atomic E-state index is 8.82. The van der Waals surface area contributed by atoms with Crippen LogP contribution in [-0.4, -0.2) is 21.8 Å². The monoisotopic (exact) mass is 199 g/mol. The molecule has 2 heterocycles. The summed E-state index contributed by atoms with van der Waals surface area (Å²) in [5, 5.41) is 12.6. The SMILES string of the molecule is OCc1cc(C2CCCSC2)on1. The van der Waals surface area contributed by atoms with E-state index in [1.165, 1.54) is 18.6 Å². The van der Waals surface area contributed by atoms with E-state index in [-0.39, 0.29) is 6.61 Å². The van der Waals surface area contributed by atoms with Crippen molar-refractivity contribution in [3.05, 3.63) is 17.5 Å². The molecule has 1 atom stereocenters. The number of aromatic nitrogens is 1. The van der Waals surface area contributed by atoms with E-state index in [9.17, 15) is 0 Å². The molecule has 0 aromatic carbocycles. The Morgan fingerprint density at radius 1 is 1.69 bits per heavy atom. The maximum atomic E-state index is 8.82. The third-order valence-electron chi connectivity index (χ3n) is 2.30. The first-order chi connectivity index (χ1) is 6.40. The summed E-state index contributed by atoms with van der Waals surface area (Å²) in [4.78, 5) is 0. The van der Waals surface area contributed by atoms with Gasteiger partial charge in [-0.1, -0.05) is 5.16 Å². The Hall–Kier alpha value is -0.480. The molecule has 72 valence electrons. The van der Waals surface area contributed by atoms with Crippen LogP contribution in [0.25, 0.3) is 0 Å². The van der Waals surface area contributed by atoms with E-state index in [2.05, 4.69) is 5.16 Å². The van der Waals surface area contributed by atoms with Crippen molar-refractivity contribution in [3.8, 4) is 0 Å². The average molecular weight is 199 g/mol. The molecule has 1 unspecified atom stereocenters. The van der Waals surface area contributed by atoms with Crippen LogP contribution >= 0.6 is 11.8 Å². The number of hydrogen-bond acceptors (Lipinski definition) is 4. The van der Waals surface area contributed by atoms with Crippen LogP contribution in [0.1, 0.15) is 30.2 Å². The third kappa shape index (κ3) is 2.06. The first kappa shape index (κ1) is 9.09. The van der Waals surface area contributed by atoms with Crippen molar-refractivity contribution in [2.75, 3.05) is 11.5 Å². The zero-order valence-corrected chi connectivity index (χ0v) is 8.22. The molecule has 0 bridgehead atoms. The summed E-state index contributed by atoms with van der Waals surface area (Å²) < 4.78 is 5.17. The van der Waals surface area contributed by atoms with E-state index < -0.39 is 0 Å². The fourth-order valence-corrected chi connectivity index (χ4v) is 2.71. The van der Waals surface area contributed by atoms with Crippen molar-refractivity contribution >= 4 is 11.8 Å². The number of aliphatic hydroxyl groups is 1. The molecule has 0 amide bonds. The van der Waals surface area contributed by atoms with Gasteiger partial charge in [-0.05, 0) is 18.6 Å². The number of rotatable bonds is 2. The van der Waals surface area contributed by atoms with Crippen molar-refractivity contribution in [3.63, 3.8) is 0 Å². The smallest absolute Gasteiger partial charge is 0.140 e. The van der Waals surface area contributed by atoms with Crippen molar-refractivity contribution in [1.82, 2.24) is 5.16 Å². The second kappa shape index (κ2) is 4.15. The largest absolute Gasteiger partial charge is 0.390 e. The molecule has 1 aromatic heterocycles. The van der Waals surface area contributed by atoms with Crippen LogP contribution < -0.4 is 0 Å². The first-order valence-electron chi connectivity index (χ1n) is 4.54. The first-order valence-corrected chi connectivity index (χ1v) is 5.69. The minimum absolute atomic E-state index is 0.0244. The lowest BCUT2D eigenvalue weighted by atomic mass is 10.0. The third-order valence-corrected chi connectivity index (χ3v) is 3.52. The summed E-state index contributed by atoms with van der Waals surface area (Å²) in [6.45, 7) is -0.0244. The van der Waals surface area contributed by atoms with Crippen LogP contribution in [0.3, 0.4) is 0 Å². The minimum atomic E-state index is -0.0244. The van der Waals surface area contributed by atoms with Crippen LogP contribution in [0.15, 0.2) is 10.6 Å². The van der Waals surface area contributed by atoms with Crippen LogP contribution in [-0.2, 0) is 6.61 Å². The van der Waals surface area contributed by atoms with Gasteiger partial charge in [0.2, 0.25) is 0 Å². The van der Waals surface area contributed by atoms with E-state index >= 15 is 0 Å². The zero-order valence-electron chi connectivity index (χ0n) is 7.40. The average Bonchev–Trinajstić information content (AvgIpc) is 2.67. The Balaban J connectivity index is 2.05. The Kier molecular flexibility index (Phi) is 2.90. The summed E-state index contributed by atoms with van der Waals surface area (Å²) in [6.07, 6.45) is 2.44. The van der Waals surface area contributed by atoms with E-state index in [0.717, 1.165) is 11.5 Å². The number of hydrogen-bond donors (Lipinski definition) is 1. The lowest BCUT2D eigenvalue weighted by molar-refractivity contribution is 0.264. The Morgan fingerprint density at radius 2 is 2.62 bits per heavy atom. The Morgan fingerprint density at radius 3 is 3.23 bits per heavy atom. The van der Waals surface area contributed by atoms with Gasteiger partial charge in [-0.3, -0.25) is 0 Å². The highest BCUT2D eigenvalue weighted by atomic mass is 32.2. The second-order valence-corrected chi connectivity index (χ2v) is 4.44. The Labute approximate surface area is 81.5 Å². The molecule has 1 N–H and O–H groups in total. The van der Waals surface area contributed by atoms with Gasteiger partial charge in [0.05, 0.1) is 6.61 Å². The van der Waals surface area contributed by atoms with Crippen LogP contribution in [0, 0.1) is 0 Å². The molecule has 4 heteroatoms. The van der Waals surface area contributed by atoms with Gasteiger partial charge in [0.25, 0.3) is 0 Å². The fraction of sp³-hybridized carbons (Fsp3) is 0.667. The van der Waals surface area contributed by atoms with Crippen LogP contribution in [0.2, 0.25) is 0 Å². The molecule has 1 aromatic rings. The predicted molar refractivity (Wildman–Crippen MR) is 51.7 cm³/mol. The van der Waals surface area contributed by atoms with Gasteiger partial charge < -0.3 is 9.63 Å². The normalized spacial score (nSPS) is 23.3. The van der Waals surface area contributed by atoms with Gasteiger partial charge in [-0.25, -0.2) is 0 Å². The van der Waals surface area contributed by atoms with Crippen molar-refractivity contribution in [1.29, 1.82) is 0 Å². The molecule has 3 nitrogen and oxygen atoms in total. The highest BCUT2D eigenvalue weighted by Crippen LogP contribution is 2.31. The summed E-state index contributed by atoms with van der Waals surface area (Å²) in [5.74, 6) is 3.83. The summed E-state index contributed by atoms with van der Waals surface area (Å²) >= 11 is 1.96. The predicted octanol–water partition coefficient (Wildman–Crippen LogP) is 1.78. The van der Waals surface area contributed by atoms with Gasteiger partial charge in [0.15, 0.2) is 0 Å². The van der Waals surface area contributed by atoms with Gasteiger partial charge in [-0.15, -0.1) is 0 Å². The molecule has 1 aliphatic rings. The van der Waals surface area contributed by atoms with Crippen molar-refractivity contribution in [2.45, 2.75) is 25.4 Å². The maximum Gasteiger partial charge on any atom is 0.140 e. The highest BCUT2D eigenvalue weighted by molar-refractivity contribution is 7.99. The van der Waals surface area contributed by atoms with Crippen LogP contribution in [0.5, 0.6) is 0 Å². The van der Waals surface area contributed by atoms with Gasteiger partial charge in [-0.2, -0.15) is 11.8 Å². The fourth-order valence-electron chi connectivity index (χ4n) is 1.56. The molecule has 0 spiro atoms. The van der Waals surface area contributed by atoms with E-state index in [0.29, 0.717) is 11.6 Å². The lowest BCUT2D eigenvalue weighted by Gasteiger charge is -2.17. The summed E-state index contributed by atoms with van der Waals surface area (Å²) in [7, 11) is 0. The molecule has 1 saturated heterocycles. The molecule has 1 fully saturated rings. The zero-order chi connectivity index (χ0) is 9.10. The van der Waals surface area contributed by atoms with Crippen molar-refractivity contribution < 1.29 is 9.63 Å². The topological polar surface area (TPSA) is 46.3 Å². The highest BCUT2D eigenvalue weighted by Gasteiger charge is 2.19. The molecule has 0 saturated carbocycles. The molecule has 0 radical (unpaired) electrons. The second-order valence-electron chi connectivity index (χ2n) is 3.29. The molecule has 2 rings (SSSR count). The summed E-state index contributed by atoms with van der Waals surface area (Å²) in [5.41, 5.74) is 0.644. The van der Waals surface area contributed by atoms with Gasteiger partial charge in [0.1, 0.15) is 11.5 Å². The standard InChI is InChI=1S/C9H13NO2S/c11-5-8-4-9(12-10-8)7-2-1-3-13-6-7/h4,7,11H,1-3,5-6H2. The van der Waals surface area contributed by atoms with E-state index in [1.54, 1.807) is 0 Å². The molecule has 13 heavy (non-hydrogen) atoms. The molecular weight excluding hydrogens is 186 g/mol. The van der Waals surface area contributed by atoms with Crippen LogP contribution in [0.4, 0.5) is 0 Å². The van der Waals surface area contributed by atoms with Gasteiger partial charge in [0, 0.05) is 17.7 Å². The quantitative estimate of drug-likeness (QED) is 0.788.